The molecule has 0 spiro atoms. The second-order valence-corrected chi connectivity index (χ2v) is 10.8. The van der Waals surface area contributed by atoms with Crippen LogP contribution in [0.25, 0.3) is 0 Å². The van der Waals surface area contributed by atoms with E-state index in [-0.39, 0.29) is 42.7 Å². The second kappa shape index (κ2) is 9.60. The van der Waals surface area contributed by atoms with Crippen LogP contribution in [0.5, 0.6) is 0 Å². The Morgan fingerprint density at radius 2 is 1.73 bits per heavy atom. The first-order valence-corrected chi connectivity index (χ1v) is 12.6. The molecule has 0 N–H and O–H groups in total. The molecule has 3 heterocycles. The van der Waals surface area contributed by atoms with Gasteiger partial charge in [-0.2, -0.15) is 4.31 Å². The van der Waals surface area contributed by atoms with Gasteiger partial charge in [-0.25, -0.2) is 26.6 Å². The van der Waals surface area contributed by atoms with E-state index in [4.69, 9.17) is 0 Å². The Bertz CT molecular complexity index is 1050. The van der Waals surface area contributed by atoms with E-state index in [0.29, 0.717) is 43.9 Å². The van der Waals surface area contributed by atoms with Crippen molar-refractivity contribution in [2.24, 2.45) is 0 Å². The largest absolute Gasteiger partial charge is 0.356 e. The molecule has 4 rings (SSSR count). The second-order valence-electron chi connectivity index (χ2n) is 8.84. The van der Waals surface area contributed by atoms with Crippen LogP contribution < -0.4 is 4.90 Å². The van der Waals surface area contributed by atoms with E-state index in [0.717, 1.165) is 0 Å². The highest BCUT2D eigenvalue weighted by molar-refractivity contribution is 7.89. The number of piperidine rings is 2. The van der Waals surface area contributed by atoms with Crippen molar-refractivity contribution in [3.8, 4) is 0 Å². The molecule has 2 fully saturated rings. The molecule has 1 aromatic heterocycles. The lowest BCUT2D eigenvalue weighted by molar-refractivity contribution is -0.0221. The standard InChI is InChI=1S/C23H29F3N4O2S/c1-28(17-18-4-2-3-5-21(18)24)19-8-12-30(13-9-19)33(31,32)20-6-7-22(27-16-20)29-14-10-23(25,26)11-15-29/h2-7,16,19H,8-15,17H2,1H3. The molecule has 2 aliphatic heterocycles. The molecule has 0 amide bonds. The highest BCUT2D eigenvalue weighted by Crippen LogP contribution is 2.30. The van der Waals surface area contributed by atoms with Gasteiger partial charge in [0.05, 0.1) is 0 Å². The topological polar surface area (TPSA) is 56.8 Å². The fourth-order valence-corrected chi connectivity index (χ4v) is 5.89. The number of rotatable bonds is 6. The monoisotopic (exact) mass is 482 g/mol. The van der Waals surface area contributed by atoms with Gasteiger partial charge in [-0.05, 0) is 38.1 Å². The van der Waals surface area contributed by atoms with Crippen molar-refractivity contribution in [2.75, 3.05) is 38.1 Å². The summed E-state index contributed by atoms with van der Waals surface area (Å²) in [7, 11) is -1.76. The molecule has 0 atom stereocenters. The van der Waals surface area contributed by atoms with Gasteiger partial charge < -0.3 is 4.90 Å². The maximum atomic E-state index is 13.9. The van der Waals surface area contributed by atoms with Gasteiger partial charge in [-0.3, -0.25) is 4.90 Å². The Hall–Kier alpha value is -2.17. The van der Waals surface area contributed by atoms with Crippen LogP contribution in [0.2, 0.25) is 0 Å². The zero-order valence-electron chi connectivity index (χ0n) is 18.6. The molecule has 0 radical (unpaired) electrons. The van der Waals surface area contributed by atoms with Gasteiger partial charge in [0, 0.05) is 63.4 Å². The molecule has 0 unspecified atom stereocenters. The molecule has 2 aromatic rings. The number of nitrogens with zero attached hydrogens (tertiary/aromatic N) is 4. The summed E-state index contributed by atoms with van der Waals surface area (Å²) in [4.78, 5) is 8.17. The van der Waals surface area contributed by atoms with Crippen molar-refractivity contribution in [1.82, 2.24) is 14.2 Å². The Morgan fingerprint density at radius 1 is 1.06 bits per heavy atom. The highest BCUT2D eigenvalue weighted by atomic mass is 32.2. The lowest BCUT2D eigenvalue weighted by atomic mass is 10.0. The molecular weight excluding hydrogens is 453 g/mol. The summed E-state index contributed by atoms with van der Waals surface area (Å²) >= 11 is 0. The lowest BCUT2D eigenvalue weighted by Gasteiger charge is -2.36. The maximum Gasteiger partial charge on any atom is 0.251 e. The molecular formula is C23H29F3N4O2S. The first-order chi connectivity index (χ1) is 15.7. The predicted molar refractivity (Wildman–Crippen MR) is 120 cm³/mol. The van der Waals surface area contributed by atoms with Crippen LogP contribution in [-0.2, 0) is 16.6 Å². The number of aromatic nitrogens is 1. The van der Waals surface area contributed by atoms with Crippen LogP contribution in [0.4, 0.5) is 19.0 Å². The quantitative estimate of drug-likeness (QED) is 0.628. The summed E-state index contributed by atoms with van der Waals surface area (Å²) in [5, 5.41) is 0. The number of halogens is 3. The number of anilines is 1. The van der Waals surface area contributed by atoms with Crippen molar-refractivity contribution in [3.63, 3.8) is 0 Å². The number of benzene rings is 1. The Balaban J connectivity index is 1.34. The number of hydrogen-bond donors (Lipinski definition) is 0. The van der Waals surface area contributed by atoms with E-state index in [1.165, 1.54) is 22.6 Å². The van der Waals surface area contributed by atoms with E-state index in [1.807, 2.05) is 7.05 Å². The minimum absolute atomic E-state index is 0.103. The fourth-order valence-electron chi connectivity index (χ4n) is 4.47. The van der Waals surface area contributed by atoms with Gasteiger partial charge in [-0.1, -0.05) is 18.2 Å². The molecule has 0 bridgehead atoms. The van der Waals surface area contributed by atoms with Crippen LogP contribution in [0.15, 0.2) is 47.5 Å². The van der Waals surface area contributed by atoms with Gasteiger partial charge in [0.2, 0.25) is 10.0 Å². The minimum atomic E-state index is -3.69. The van der Waals surface area contributed by atoms with Crippen molar-refractivity contribution >= 4 is 15.8 Å². The molecule has 180 valence electrons. The molecule has 1 aromatic carbocycles. The van der Waals surface area contributed by atoms with E-state index in [9.17, 15) is 21.6 Å². The van der Waals surface area contributed by atoms with Crippen LogP contribution in [-0.4, -0.2) is 67.8 Å². The van der Waals surface area contributed by atoms with Gasteiger partial charge >= 0.3 is 0 Å². The molecule has 10 heteroatoms. The van der Waals surface area contributed by atoms with Crippen molar-refractivity contribution in [1.29, 1.82) is 0 Å². The van der Waals surface area contributed by atoms with Crippen LogP contribution in [0.3, 0.4) is 0 Å². The van der Waals surface area contributed by atoms with Crippen molar-refractivity contribution in [2.45, 2.75) is 49.1 Å². The number of pyridine rings is 1. The zero-order chi connectivity index (χ0) is 23.6. The predicted octanol–water partition coefficient (Wildman–Crippen LogP) is 3.74. The Morgan fingerprint density at radius 3 is 2.33 bits per heavy atom. The molecule has 2 aliphatic rings. The summed E-state index contributed by atoms with van der Waals surface area (Å²) in [6.45, 7) is 1.60. The molecule has 33 heavy (non-hydrogen) atoms. The molecule has 0 aliphatic carbocycles. The summed E-state index contributed by atoms with van der Waals surface area (Å²) in [6, 6.07) is 9.92. The van der Waals surface area contributed by atoms with Gasteiger partial charge in [0.15, 0.2) is 0 Å². The van der Waals surface area contributed by atoms with E-state index in [1.54, 1.807) is 29.2 Å². The first kappa shape index (κ1) is 24.0. The van der Waals surface area contributed by atoms with Crippen molar-refractivity contribution in [3.05, 3.63) is 54.0 Å². The van der Waals surface area contributed by atoms with Gasteiger partial charge in [0.25, 0.3) is 5.92 Å². The number of hydrogen-bond acceptors (Lipinski definition) is 5. The summed E-state index contributed by atoms with van der Waals surface area (Å²) in [6.07, 6.45) is 2.16. The number of alkyl halides is 2. The summed E-state index contributed by atoms with van der Waals surface area (Å²) in [5.74, 6) is -2.37. The van der Waals surface area contributed by atoms with E-state index in [2.05, 4.69) is 9.88 Å². The van der Waals surface area contributed by atoms with Gasteiger partial charge in [-0.15, -0.1) is 0 Å². The smallest absolute Gasteiger partial charge is 0.251 e. The van der Waals surface area contributed by atoms with Crippen LogP contribution in [0, 0.1) is 5.82 Å². The number of sulfonamides is 1. The molecule has 2 saturated heterocycles. The maximum absolute atomic E-state index is 13.9. The Labute approximate surface area is 193 Å². The third-order valence-corrected chi connectivity index (χ3v) is 8.48. The van der Waals surface area contributed by atoms with Crippen molar-refractivity contribution < 1.29 is 21.6 Å². The zero-order valence-corrected chi connectivity index (χ0v) is 19.4. The van der Waals surface area contributed by atoms with E-state index >= 15 is 0 Å². The average molecular weight is 483 g/mol. The molecule has 6 nitrogen and oxygen atoms in total. The third kappa shape index (κ3) is 5.50. The minimum Gasteiger partial charge on any atom is -0.356 e. The van der Waals surface area contributed by atoms with E-state index < -0.39 is 15.9 Å². The summed E-state index contributed by atoms with van der Waals surface area (Å²) < 4.78 is 68.3. The normalized spacial score (nSPS) is 20.3. The Kier molecular flexibility index (Phi) is 6.97. The lowest BCUT2D eigenvalue weighted by Crippen LogP contribution is -2.45. The summed E-state index contributed by atoms with van der Waals surface area (Å²) in [5.41, 5.74) is 0.624. The first-order valence-electron chi connectivity index (χ1n) is 11.2. The average Bonchev–Trinajstić information content (AvgIpc) is 2.81. The van der Waals surface area contributed by atoms with Crippen LogP contribution in [0.1, 0.15) is 31.2 Å². The SMILES string of the molecule is CN(Cc1ccccc1F)C1CCN(S(=O)(=O)c2ccc(N3CCC(F)(F)CC3)nc2)CC1. The third-order valence-electron chi connectivity index (χ3n) is 6.60. The highest BCUT2D eigenvalue weighted by Gasteiger charge is 2.35. The van der Waals surface area contributed by atoms with Crippen LogP contribution >= 0.6 is 0 Å². The fraction of sp³-hybridized carbons (Fsp3) is 0.522. The molecule has 0 saturated carbocycles. The van der Waals surface area contributed by atoms with Gasteiger partial charge in [0.1, 0.15) is 16.5 Å².